The number of hydrogen-bond acceptors (Lipinski definition) is 9. The van der Waals surface area contributed by atoms with Crippen molar-refractivity contribution in [1.29, 1.82) is 5.26 Å². The molecule has 3 aromatic carbocycles. The summed E-state index contributed by atoms with van der Waals surface area (Å²) in [5.74, 6) is -0.765. The highest BCUT2D eigenvalue weighted by molar-refractivity contribution is 7.87. The summed E-state index contributed by atoms with van der Waals surface area (Å²) in [5, 5.41) is 23.3. The van der Waals surface area contributed by atoms with Crippen molar-refractivity contribution >= 4 is 33.5 Å². The fraction of sp³-hybridized carbons (Fsp3) is 0.120. The molecule has 0 spiro atoms. The molecule has 0 aromatic heterocycles. The first-order chi connectivity index (χ1) is 17.6. The Labute approximate surface area is 212 Å². The second kappa shape index (κ2) is 11.2. The van der Waals surface area contributed by atoms with E-state index in [9.17, 15) is 28.6 Å². The van der Waals surface area contributed by atoms with Crippen LogP contribution in [0.4, 0.5) is 11.4 Å². The van der Waals surface area contributed by atoms with Crippen molar-refractivity contribution in [3.63, 3.8) is 0 Å². The number of nitrogens with zero attached hydrogens (tertiary/aromatic N) is 2. The third-order valence-corrected chi connectivity index (χ3v) is 6.27. The van der Waals surface area contributed by atoms with Gasteiger partial charge in [-0.05, 0) is 55.0 Å². The van der Waals surface area contributed by atoms with Gasteiger partial charge in [0.05, 0.1) is 25.2 Å². The number of nitriles is 1. The summed E-state index contributed by atoms with van der Waals surface area (Å²) in [4.78, 5) is 23.3. The molecule has 3 aromatic rings. The maximum atomic E-state index is 12.7. The molecule has 11 nitrogen and oxygen atoms in total. The van der Waals surface area contributed by atoms with Gasteiger partial charge in [-0.2, -0.15) is 13.7 Å². The monoisotopic (exact) mass is 523 g/mol. The Hall–Kier alpha value is -4.89. The molecule has 1 amide bonds. The summed E-state index contributed by atoms with van der Waals surface area (Å²) in [6, 6.07) is 15.8. The topological polar surface area (TPSA) is 158 Å². The molecule has 0 aliphatic carbocycles. The fourth-order valence-electron chi connectivity index (χ4n) is 3.12. The molecular formula is C25H21N3O8S. The first-order valence-corrected chi connectivity index (χ1v) is 11.9. The van der Waals surface area contributed by atoms with Crippen LogP contribution in [0.1, 0.15) is 11.1 Å². The molecule has 3 rings (SSSR count). The van der Waals surface area contributed by atoms with E-state index in [4.69, 9.17) is 13.7 Å². The number of nitrogens with one attached hydrogen (secondary N) is 1. The number of nitro groups is 1. The van der Waals surface area contributed by atoms with Crippen molar-refractivity contribution in [3.05, 3.63) is 87.5 Å². The van der Waals surface area contributed by atoms with Gasteiger partial charge < -0.3 is 19.0 Å². The molecule has 0 fully saturated rings. The number of carbonyl (C=O) groups excluding carboxylic acids is 1. The highest BCUT2D eigenvalue weighted by Gasteiger charge is 2.21. The van der Waals surface area contributed by atoms with Gasteiger partial charge in [0.25, 0.3) is 11.6 Å². The lowest BCUT2D eigenvalue weighted by Gasteiger charge is -2.12. The van der Waals surface area contributed by atoms with Crippen LogP contribution in [0.25, 0.3) is 6.08 Å². The van der Waals surface area contributed by atoms with Gasteiger partial charge >= 0.3 is 10.1 Å². The molecule has 37 heavy (non-hydrogen) atoms. The third-order valence-electron chi connectivity index (χ3n) is 5.02. The van der Waals surface area contributed by atoms with Gasteiger partial charge in [0.15, 0.2) is 11.5 Å². The minimum absolute atomic E-state index is 0.0701. The number of carbonyl (C=O) groups is 1. The van der Waals surface area contributed by atoms with Gasteiger partial charge in [-0.1, -0.05) is 23.8 Å². The molecule has 190 valence electrons. The van der Waals surface area contributed by atoms with Gasteiger partial charge in [-0.25, -0.2) is 0 Å². The Kier molecular flexibility index (Phi) is 8.11. The maximum absolute atomic E-state index is 12.7. The largest absolute Gasteiger partial charge is 0.496 e. The number of rotatable bonds is 9. The minimum atomic E-state index is -4.21. The molecule has 0 atom stereocenters. The normalized spacial score (nSPS) is 11.2. The van der Waals surface area contributed by atoms with E-state index in [1.807, 2.05) is 6.92 Å². The molecule has 0 heterocycles. The predicted molar refractivity (Wildman–Crippen MR) is 134 cm³/mol. The summed E-state index contributed by atoms with van der Waals surface area (Å²) in [7, 11) is -1.54. The van der Waals surface area contributed by atoms with E-state index in [0.717, 1.165) is 11.6 Å². The van der Waals surface area contributed by atoms with Gasteiger partial charge in [0, 0.05) is 0 Å². The molecule has 0 saturated carbocycles. The fourth-order valence-corrected chi connectivity index (χ4v) is 4.05. The Morgan fingerprint density at radius 3 is 2.32 bits per heavy atom. The van der Waals surface area contributed by atoms with E-state index >= 15 is 0 Å². The number of methoxy groups -OCH3 is 2. The molecular weight excluding hydrogens is 502 g/mol. The first kappa shape index (κ1) is 26.7. The summed E-state index contributed by atoms with van der Waals surface area (Å²) in [5.41, 5.74) is 0.144. The van der Waals surface area contributed by atoms with Crippen LogP contribution in [-0.2, 0) is 14.9 Å². The third kappa shape index (κ3) is 6.41. The lowest BCUT2D eigenvalue weighted by molar-refractivity contribution is -0.384. The van der Waals surface area contributed by atoms with Crippen LogP contribution in [-0.4, -0.2) is 33.5 Å². The van der Waals surface area contributed by atoms with Crippen molar-refractivity contribution in [2.45, 2.75) is 11.8 Å². The van der Waals surface area contributed by atoms with Gasteiger partial charge in [-0.3, -0.25) is 14.9 Å². The average molecular weight is 524 g/mol. The van der Waals surface area contributed by atoms with Gasteiger partial charge in [0.1, 0.15) is 28.0 Å². The lowest BCUT2D eigenvalue weighted by Crippen LogP contribution is -2.14. The molecule has 1 N–H and O–H groups in total. The zero-order valence-corrected chi connectivity index (χ0v) is 20.7. The van der Waals surface area contributed by atoms with Crippen LogP contribution >= 0.6 is 0 Å². The van der Waals surface area contributed by atoms with E-state index in [-0.39, 0.29) is 33.4 Å². The van der Waals surface area contributed by atoms with Crippen molar-refractivity contribution in [1.82, 2.24) is 0 Å². The number of nitro benzene ring substituents is 1. The smallest absolute Gasteiger partial charge is 0.339 e. The maximum Gasteiger partial charge on any atom is 0.339 e. The van der Waals surface area contributed by atoms with Crippen molar-refractivity contribution in [3.8, 4) is 23.3 Å². The number of hydrogen-bond donors (Lipinski definition) is 1. The van der Waals surface area contributed by atoms with Crippen LogP contribution in [0.15, 0.2) is 71.1 Å². The van der Waals surface area contributed by atoms with Gasteiger partial charge in [0.2, 0.25) is 0 Å². The standard InChI is InChI=1S/C25H21N3O8S/c1-16-4-8-20(9-5-16)37(32,33)36-24-13-17(6-11-23(24)35-3)12-18(15-26)25(29)27-21-10-7-19(34-2)14-22(21)28(30)31/h4-14H,1-3H3,(H,27,29)/b18-12+. The van der Waals surface area contributed by atoms with Crippen LogP contribution in [0.5, 0.6) is 17.2 Å². The van der Waals surface area contributed by atoms with E-state index in [1.165, 1.54) is 62.8 Å². The van der Waals surface area contributed by atoms with E-state index in [0.29, 0.717) is 0 Å². The SMILES string of the molecule is COc1ccc(NC(=O)/C(C#N)=C/c2ccc(OC)c(OS(=O)(=O)c3ccc(C)cc3)c2)c([N+](=O)[O-])c1. The quantitative estimate of drug-likeness (QED) is 0.142. The second-order valence-corrected chi connectivity index (χ2v) is 9.07. The number of anilines is 1. The van der Waals surface area contributed by atoms with Crippen molar-refractivity contribution in [2.75, 3.05) is 19.5 Å². The van der Waals surface area contributed by atoms with Crippen molar-refractivity contribution in [2.24, 2.45) is 0 Å². The lowest BCUT2D eigenvalue weighted by atomic mass is 10.1. The molecule has 0 radical (unpaired) electrons. The van der Waals surface area contributed by atoms with E-state index < -0.39 is 32.2 Å². The highest BCUT2D eigenvalue weighted by Crippen LogP contribution is 2.32. The number of benzene rings is 3. The number of aryl methyl sites for hydroxylation is 1. The summed E-state index contributed by atoms with van der Waals surface area (Å²) >= 11 is 0. The highest BCUT2D eigenvalue weighted by atomic mass is 32.2. The Morgan fingerprint density at radius 1 is 1.03 bits per heavy atom. The van der Waals surface area contributed by atoms with E-state index in [2.05, 4.69) is 5.32 Å². The Bertz CT molecular complexity index is 1520. The first-order valence-electron chi connectivity index (χ1n) is 10.5. The zero-order chi connectivity index (χ0) is 27.2. The zero-order valence-electron chi connectivity index (χ0n) is 19.9. The van der Waals surface area contributed by atoms with Crippen LogP contribution in [0, 0.1) is 28.4 Å². The Morgan fingerprint density at radius 2 is 1.73 bits per heavy atom. The second-order valence-electron chi connectivity index (χ2n) is 7.52. The van der Waals surface area contributed by atoms with Crippen LogP contribution in [0.3, 0.4) is 0 Å². The van der Waals surface area contributed by atoms with Crippen LogP contribution in [0.2, 0.25) is 0 Å². The molecule has 12 heteroatoms. The summed E-state index contributed by atoms with van der Waals surface area (Å²) in [6.07, 6.45) is 1.18. The van der Waals surface area contributed by atoms with E-state index in [1.54, 1.807) is 18.2 Å². The van der Waals surface area contributed by atoms with Crippen molar-refractivity contribution < 1.29 is 31.8 Å². The molecule has 0 aliphatic heterocycles. The number of ether oxygens (including phenoxy) is 2. The summed E-state index contributed by atoms with van der Waals surface area (Å²) in [6.45, 7) is 1.81. The van der Waals surface area contributed by atoms with Crippen LogP contribution < -0.4 is 19.0 Å². The summed E-state index contributed by atoms with van der Waals surface area (Å²) < 4.78 is 40.9. The predicted octanol–water partition coefficient (Wildman–Crippen LogP) is 4.23. The number of amides is 1. The average Bonchev–Trinajstić information content (AvgIpc) is 2.87. The molecule has 0 saturated heterocycles. The van der Waals surface area contributed by atoms with Gasteiger partial charge in [-0.15, -0.1) is 0 Å². The minimum Gasteiger partial charge on any atom is -0.496 e. The molecule has 0 unspecified atom stereocenters. The molecule has 0 aliphatic rings. The Balaban J connectivity index is 1.92. The molecule has 0 bridgehead atoms.